The summed E-state index contributed by atoms with van der Waals surface area (Å²) >= 11 is 5.75. The van der Waals surface area contributed by atoms with Gasteiger partial charge in [-0.3, -0.25) is 0 Å². The summed E-state index contributed by atoms with van der Waals surface area (Å²) in [5, 5.41) is 4.03. The number of halogens is 2. The Kier molecular flexibility index (Phi) is 8.08. The van der Waals surface area contributed by atoms with Crippen LogP contribution in [-0.4, -0.2) is 12.6 Å². The highest BCUT2D eigenvalue weighted by Crippen LogP contribution is 2.17. The third-order valence-electron chi connectivity index (χ3n) is 3.33. The maximum atomic E-state index is 13.6. The van der Waals surface area contributed by atoms with E-state index in [-0.39, 0.29) is 5.82 Å². The molecule has 0 aromatic heterocycles. The van der Waals surface area contributed by atoms with Gasteiger partial charge in [0.15, 0.2) is 0 Å². The van der Waals surface area contributed by atoms with Crippen LogP contribution in [0.5, 0.6) is 0 Å². The van der Waals surface area contributed by atoms with Crippen LogP contribution in [0.1, 0.15) is 51.5 Å². The van der Waals surface area contributed by atoms with E-state index in [1.54, 1.807) is 12.1 Å². The van der Waals surface area contributed by atoms with Gasteiger partial charge in [-0.05, 0) is 56.3 Å². The second-order valence-electron chi connectivity index (χ2n) is 5.07. The number of benzene rings is 1. The molecule has 0 saturated heterocycles. The van der Waals surface area contributed by atoms with E-state index in [1.165, 1.54) is 18.9 Å². The Morgan fingerprint density at radius 3 is 2.63 bits per heavy atom. The lowest BCUT2D eigenvalue weighted by Gasteiger charge is -2.17. The number of nitrogens with one attached hydrogen (secondary N) is 1. The van der Waals surface area contributed by atoms with Crippen LogP contribution in [0.3, 0.4) is 0 Å². The van der Waals surface area contributed by atoms with Gasteiger partial charge in [-0.2, -0.15) is 0 Å². The van der Waals surface area contributed by atoms with Crippen molar-refractivity contribution in [3.05, 3.63) is 34.6 Å². The molecule has 108 valence electrons. The predicted octanol–water partition coefficient (Wildman–Crippen LogP) is 4.97. The molecule has 0 radical (unpaired) electrons. The Labute approximate surface area is 121 Å². The molecule has 0 spiro atoms. The fourth-order valence-electron chi connectivity index (χ4n) is 2.31. The van der Waals surface area contributed by atoms with Crippen molar-refractivity contribution >= 4 is 11.6 Å². The van der Waals surface area contributed by atoms with Crippen LogP contribution < -0.4 is 5.32 Å². The smallest absolute Gasteiger partial charge is 0.127 e. The van der Waals surface area contributed by atoms with Crippen molar-refractivity contribution in [3.8, 4) is 0 Å². The minimum absolute atomic E-state index is 0.180. The lowest BCUT2D eigenvalue weighted by Crippen LogP contribution is -2.29. The summed E-state index contributed by atoms with van der Waals surface area (Å²) in [5.41, 5.74) is 0.773. The molecule has 0 saturated carbocycles. The van der Waals surface area contributed by atoms with E-state index in [4.69, 9.17) is 11.6 Å². The molecular weight excluding hydrogens is 261 g/mol. The first-order valence-corrected chi connectivity index (χ1v) is 7.72. The minimum atomic E-state index is -0.180. The normalized spacial score (nSPS) is 12.6. The van der Waals surface area contributed by atoms with Crippen molar-refractivity contribution in [3.63, 3.8) is 0 Å². The summed E-state index contributed by atoms with van der Waals surface area (Å²) in [6.07, 6.45) is 6.46. The Hall–Kier alpha value is -0.600. The van der Waals surface area contributed by atoms with Gasteiger partial charge in [0.25, 0.3) is 0 Å². The van der Waals surface area contributed by atoms with Gasteiger partial charge < -0.3 is 5.32 Å². The van der Waals surface area contributed by atoms with Gasteiger partial charge in [-0.25, -0.2) is 4.39 Å². The quantitative estimate of drug-likeness (QED) is 0.675. The zero-order valence-corrected chi connectivity index (χ0v) is 12.8. The minimum Gasteiger partial charge on any atom is -0.314 e. The van der Waals surface area contributed by atoms with E-state index < -0.39 is 0 Å². The third-order valence-corrected chi connectivity index (χ3v) is 3.57. The van der Waals surface area contributed by atoms with Gasteiger partial charge in [-0.1, -0.05) is 37.9 Å². The van der Waals surface area contributed by atoms with Crippen LogP contribution in [-0.2, 0) is 6.42 Å². The highest BCUT2D eigenvalue weighted by Gasteiger charge is 2.08. The van der Waals surface area contributed by atoms with E-state index in [9.17, 15) is 4.39 Å². The predicted molar refractivity (Wildman–Crippen MR) is 81.3 cm³/mol. The molecule has 3 heteroatoms. The largest absolute Gasteiger partial charge is 0.314 e. The lowest BCUT2D eigenvalue weighted by atomic mass is 10.0. The molecule has 0 bridgehead atoms. The number of hydrogen-bond acceptors (Lipinski definition) is 1. The van der Waals surface area contributed by atoms with Crippen molar-refractivity contribution < 1.29 is 4.39 Å². The van der Waals surface area contributed by atoms with E-state index in [2.05, 4.69) is 19.2 Å². The first-order chi connectivity index (χ1) is 9.17. The van der Waals surface area contributed by atoms with E-state index in [0.717, 1.165) is 37.8 Å². The summed E-state index contributed by atoms with van der Waals surface area (Å²) in [7, 11) is 0. The Morgan fingerprint density at radius 1 is 1.21 bits per heavy atom. The SMILES string of the molecule is CCCNC(CCC)CCCc1ccc(Cl)cc1F. The molecule has 1 N–H and O–H groups in total. The van der Waals surface area contributed by atoms with Gasteiger partial charge in [0.2, 0.25) is 0 Å². The van der Waals surface area contributed by atoms with E-state index in [0.29, 0.717) is 11.1 Å². The van der Waals surface area contributed by atoms with Crippen LogP contribution in [0.15, 0.2) is 18.2 Å². The highest BCUT2D eigenvalue weighted by atomic mass is 35.5. The molecule has 0 amide bonds. The highest BCUT2D eigenvalue weighted by molar-refractivity contribution is 6.30. The van der Waals surface area contributed by atoms with Gasteiger partial charge in [0, 0.05) is 11.1 Å². The van der Waals surface area contributed by atoms with E-state index >= 15 is 0 Å². The van der Waals surface area contributed by atoms with Crippen LogP contribution in [0.25, 0.3) is 0 Å². The average molecular weight is 286 g/mol. The monoisotopic (exact) mass is 285 g/mol. The Morgan fingerprint density at radius 2 is 2.00 bits per heavy atom. The molecule has 0 aliphatic carbocycles. The van der Waals surface area contributed by atoms with Crippen molar-refractivity contribution in [1.82, 2.24) is 5.32 Å². The molecule has 0 heterocycles. The zero-order chi connectivity index (χ0) is 14.1. The van der Waals surface area contributed by atoms with Crippen LogP contribution >= 0.6 is 11.6 Å². The number of hydrogen-bond donors (Lipinski definition) is 1. The van der Waals surface area contributed by atoms with Gasteiger partial charge in [0.1, 0.15) is 5.82 Å². The topological polar surface area (TPSA) is 12.0 Å². The summed E-state index contributed by atoms with van der Waals surface area (Å²) < 4.78 is 13.6. The number of rotatable bonds is 9. The molecule has 1 nitrogen and oxygen atoms in total. The lowest BCUT2D eigenvalue weighted by molar-refractivity contribution is 0.436. The molecule has 0 aliphatic heterocycles. The van der Waals surface area contributed by atoms with Crippen molar-refractivity contribution in [2.24, 2.45) is 0 Å². The second kappa shape index (κ2) is 9.33. The average Bonchev–Trinajstić information content (AvgIpc) is 2.38. The summed E-state index contributed by atoms with van der Waals surface area (Å²) in [6, 6.07) is 5.53. The standard InChI is InChI=1S/C16H25ClFN/c1-3-6-15(19-11-4-2)8-5-7-13-9-10-14(17)12-16(13)18/h9-10,12,15,19H,3-8,11H2,1-2H3. The summed E-state index contributed by atoms with van der Waals surface area (Å²) in [6.45, 7) is 5.46. The molecule has 19 heavy (non-hydrogen) atoms. The molecular formula is C16H25ClFN. The second-order valence-corrected chi connectivity index (χ2v) is 5.50. The zero-order valence-electron chi connectivity index (χ0n) is 12.0. The van der Waals surface area contributed by atoms with Crippen LogP contribution in [0.2, 0.25) is 5.02 Å². The summed E-state index contributed by atoms with van der Waals surface area (Å²) in [4.78, 5) is 0. The fourth-order valence-corrected chi connectivity index (χ4v) is 2.47. The van der Waals surface area contributed by atoms with Crippen molar-refractivity contribution in [2.45, 2.75) is 58.4 Å². The van der Waals surface area contributed by atoms with Crippen LogP contribution in [0, 0.1) is 5.82 Å². The van der Waals surface area contributed by atoms with E-state index in [1.807, 2.05) is 0 Å². The molecule has 1 rings (SSSR count). The molecule has 1 aromatic carbocycles. The molecule has 1 unspecified atom stereocenters. The molecule has 0 aliphatic rings. The maximum absolute atomic E-state index is 13.6. The van der Waals surface area contributed by atoms with Crippen LogP contribution in [0.4, 0.5) is 4.39 Å². The third kappa shape index (κ3) is 6.40. The first kappa shape index (κ1) is 16.5. The van der Waals surface area contributed by atoms with Gasteiger partial charge in [0.05, 0.1) is 0 Å². The van der Waals surface area contributed by atoms with Gasteiger partial charge in [-0.15, -0.1) is 0 Å². The van der Waals surface area contributed by atoms with Gasteiger partial charge >= 0.3 is 0 Å². The molecule has 0 fully saturated rings. The maximum Gasteiger partial charge on any atom is 0.127 e. The molecule has 1 aromatic rings. The number of aryl methyl sites for hydroxylation is 1. The molecule has 1 atom stereocenters. The van der Waals surface area contributed by atoms with Crippen molar-refractivity contribution in [2.75, 3.05) is 6.54 Å². The first-order valence-electron chi connectivity index (χ1n) is 7.34. The summed E-state index contributed by atoms with van der Waals surface area (Å²) in [5.74, 6) is -0.180. The Balaban J connectivity index is 2.38. The Bertz CT molecular complexity index is 368. The fraction of sp³-hybridized carbons (Fsp3) is 0.625. The van der Waals surface area contributed by atoms with Crippen molar-refractivity contribution in [1.29, 1.82) is 0 Å².